The summed E-state index contributed by atoms with van der Waals surface area (Å²) in [6, 6.07) is 3.90. The molecule has 26 heavy (non-hydrogen) atoms. The molecule has 0 bridgehead atoms. The molecule has 0 saturated carbocycles. The number of aryl methyl sites for hydroxylation is 2. The maximum Gasteiger partial charge on any atom is 0.257 e. The topological polar surface area (TPSA) is 59.1 Å². The quantitative estimate of drug-likeness (QED) is 0.829. The van der Waals surface area contributed by atoms with E-state index in [1.165, 1.54) is 0 Å². The summed E-state index contributed by atoms with van der Waals surface area (Å²) in [4.78, 5) is 29.3. The van der Waals surface area contributed by atoms with E-state index in [1.807, 2.05) is 35.8 Å². The Balaban J connectivity index is 1.71. The normalized spacial score (nSPS) is 20.8. The molecule has 1 aromatic rings. The van der Waals surface area contributed by atoms with Gasteiger partial charge in [-0.1, -0.05) is 6.07 Å². The Morgan fingerprint density at radius 1 is 1.08 bits per heavy atom. The summed E-state index contributed by atoms with van der Waals surface area (Å²) in [6.07, 6.45) is 2.23. The minimum atomic E-state index is -0.295. The molecule has 2 heterocycles. The van der Waals surface area contributed by atoms with E-state index in [-0.39, 0.29) is 17.9 Å². The molecular formula is C20H28N2O4. The summed E-state index contributed by atoms with van der Waals surface area (Å²) >= 11 is 0. The maximum absolute atomic E-state index is 13.1. The van der Waals surface area contributed by atoms with E-state index in [4.69, 9.17) is 9.47 Å². The number of rotatable bonds is 3. The molecule has 3 rings (SSSR count). The summed E-state index contributed by atoms with van der Waals surface area (Å²) < 4.78 is 11.0. The van der Waals surface area contributed by atoms with E-state index >= 15 is 0 Å². The minimum Gasteiger partial charge on any atom is -0.496 e. The zero-order valence-electron chi connectivity index (χ0n) is 15.9. The Morgan fingerprint density at radius 3 is 2.50 bits per heavy atom. The summed E-state index contributed by atoms with van der Waals surface area (Å²) in [5, 5.41) is 0. The molecular weight excluding hydrogens is 332 g/mol. The summed E-state index contributed by atoms with van der Waals surface area (Å²) in [5.41, 5.74) is 2.60. The van der Waals surface area contributed by atoms with Crippen molar-refractivity contribution in [1.82, 2.24) is 9.80 Å². The third kappa shape index (κ3) is 3.85. The number of nitrogens with zero attached hydrogens (tertiary/aromatic N) is 2. The highest BCUT2D eigenvalue weighted by Gasteiger charge is 2.30. The van der Waals surface area contributed by atoms with Crippen LogP contribution >= 0.6 is 0 Å². The molecule has 1 atom stereocenters. The van der Waals surface area contributed by atoms with Crippen molar-refractivity contribution in [3.8, 4) is 5.75 Å². The number of benzene rings is 1. The highest BCUT2D eigenvalue weighted by molar-refractivity contribution is 5.97. The second kappa shape index (κ2) is 8.08. The van der Waals surface area contributed by atoms with Crippen LogP contribution in [0.3, 0.4) is 0 Å². The van der Waals surface area contributed by atoms with Gasteiger partial charge in [0.2, 0.25) is 0 Å². The van der Waals surface area contributed by atoms with Gasteiger partial charge in [0.05, 0.1) is 12.7 Å². The predicted molar refractivity (Wildman–Crippen MR) is 98.5 cm³/mol. The third-order valence-electron chi connectivity index (χ3n) is 5.15. The molecule has 2 fully saturated rings. The van der Waals surface area contributed by atoms with Crippen LogP contribution in [0.4, 0.5) is 0 Å². The standard InChI is InChI=1S/C20H28N2O4/c1-14-12-15(2)18(25-3)16(13-14)19(23)21-7-5-8-22(10-9-21)20(24)17-6-4-11-26-17/h12-13,17H,4-11H2,1-3H3. The zero-order valence-corrected chi connectivity index (χ0v) is 15.9. The first-order valence-electron chi connectivity index (χ1n) is 9.36. The number of carbonyl (C=O) groups is 2. The third-order valence-corrected chi connectivity index (χ3v) is 5.15. The Labute approximate surface area is 155 Å². The first-order chi connectivity index (χ1) is 12.5. The van der Waals surface area contributed by atoms with Crippen LogP contribution in [-0.2, 0) is 9.53 Å². The van der Waals surface area contributed by atoms with E-state index in [2.05, 4.69) is 0 Å². The van der Waals surface area contributed by atoms with Crippen molar-refractivity contribution >= 4 is 11.8 Å². The van der Waals surface area contributed by atoms with Crippen LogP contribution in [0.1, 0.15) is 40.7 Å². The number of carbonyl (C=O) groups excluding carboxylic acids is 2. The summed E-state index contributed by atoms with van der Waals surface area (Å²) in [5.74, 6) is 0.679. The highest BCUT2D eigenvalue weighted by Crippen LogP contribution is 2.27. The van der Waals surface area contributed by atoms with Gasteiger partial charge in [0.1, 0.15) is 11.9 Å². The van der Waals surface area contributed by atoms with Crippen molar-refractivity contribution in [3.05, 3.63) is 28.8 Å². The molecule has 0 spiro atoms. The minimum absolute atomic E-state index is 0.0277. The highest BCUT2D eigenvalue weighted by atomic mass is 16.5. The Hall–Kier alpha value is -2.08. The molecule has 0 aromatic heterocycles. The zero-order chi connectivity index (χ0) is 18.7. The van der Waals surface area contributed by atoms with Crippen LogP contribution in [0.5, 0.6) is 5.75 Å². The smallest absolute Gasteiger partial charge is 0.257 e. The lowest BCUT2D eigenvalue weighted by molar-refractivity contribution is -0.140. The molecule has 2 saturated heterocycles. The van der Waals surface area contributed by atoms with Crippen molar-refractivity contribution in [1.29, 1.82) is 0 Å². The summed E-state index contributed by atoms with van der Waals surface area (Å²) in [7, 11) is 1.60. The molecule has 0 radical (unpaired) electrons. The van der Waals surface area contributed by atoms with Gasteiger partial charge in [-0.05, 0) is 50.3 Å². The number of hydrogen-bond donors (Lipinski definition) is 0. The van der Waals surface area contributed by atoms with Crippen LogP contribution in [0.25, 0.3) is 0 Å². The second-order valence-electron chi connectivity index (χ2n) is 7.14. The van der Waals surface area contributed by atoms with Crippen LogP contribution < -0.4 is 4.74 Å². The number of methoxy groups -OCH3 is 1. The van der Waals surface area contributed by atoms with Gasteiger partial charge in [0.25, 0.3) is 11.8 Å². The number of hydrogen-bond acceptors (Lipinski definition) is 4. The monoisotopic (exact) mass is 360 g/mol. The lowest BCUT2D eigenvalue weighted by atomic mass is 10.0. The molecule has 6 nitrogen and oxygen atoms in total. The first-order valence-corrected chi connectivity index (χ1v) is 9.36. The molecule has 0 N–H and O–H groups in total. The average Bonchev–Trinajstić information content (AvgIpc) is 3.04. The van der Waals surface area contributed by atoms with Crippen molar-refractivity contribution in [2.75, 3.05) is 39.9 Å². The fourth-order valence-electron chi connectivity index (χ4n) is 3.87. The van der Waals surface area contributed by atoms with Gasteiger partial charge in [-0.3, -0.25) is 9.59 Å². The second-order valence-corrected chi connectivity index (χ2v) is 7.14. The van der Waals surface area contributed by atoms with E-state index in [0.717, 1.165) is 30.4 Å². The van der Waals surface area contributed by atoms with E-state index in [0.29, 0.717) is 44.1 Å². The fourth-order valence-corrected chi connectivity index (χ4v) is 3.87. The molecule has 2 aliphatic heterocycles. The fraction of sp³-hybridized carbons (Fsp3) is 0.600. The van der Waals surface area contributed by atoms with Crippen LogP contribution in [0, 0.1) is 13.8 Å². The van der Waals surface area contributed by atoms with Crippen molar-refractivity contribution in [3.63, 3.8) is 0 Å². The van der Waals surface area contributed by atoms with Gasteiger partial charge < -0.3 is 19.3 Å². The maximum atomic E-state index is 13.1. The molecule has 1 aromatic carbocycles. The van der Waals surface area contributed by atoms with Crippen LogP contribution in [0.2, 0.25) is 0 Å². The Bertz CT molecular complexity index is 683. The summed E-state index contributed by atoms with van der Waals surface area (Å²) in [6.45, 7) is 7.00. The van der Waals surface area contributed by atoms with Crippen molar-refractivity contribution < 1.29 is 19.1 Å². The van der Waals surface area contributed by atoms with Gasteiger partial charge in [-0.25, -0.2) is 0 Å². The average molecular weight is 360 g/mol. The molecule has 2 amide bonds. The van der Waals surface area contributed by atoms with Crippen molar-refractivity contribution in [2.45, 2.75) is 39.2 Å². The lowest BCUT2D eigenvalue weighted by Crippen LogP contribution is -2.41. The van der Waals surface area contributed by atoms with E-state index in [9.17, 15) is 9.59 Å². The van der Waals surface area contributed by atoms with Gasteiger partial charge in [0.15, 0.2) is 0 Å². The largest absolute Gasteiger partial charge is 0.496 e. The Kier molecular flexibility index (Phi) is 5.81. The molecule has 0 aliphatic carbocycles. The van der Waals surface area contributed by atoms with Crippen LogP contribution in [0.15, 0.2) is 12.1 Å². The van der Waals surface area contributed by atoms with E-state index in [1.54, 1.807) is 7.11 Å². The molecule has 2 aliphatic rings. The lowest BCUT2D eigenvalue weighted by Gasteiger charge is -2.25. The van der Waals surface area contributed by atoms with Gasteiger partial charge >= 0.3 is 0 Å². The van der Waals surface area contributed by atoms with Gasteiger partial charge in [-0.2, -0.15) is 0 Å². The SMILES string of the molecule is COc1c(C)cc(C)cc1C(=O)N1CCCN(C(=O)C2CCCO2)CC1. The number of amides is 2. The first kappa shape index (κ1) is 18.7. The predicted octanol–water partition coefficient (Wildman–Crippen LogP) is 2.17. The van der Waals surface area contributed by atoms with E-state index < -0.39 is 0 Å². The van der Waals surface area contributed by atoms with Crippen LogP contribution in [-0.4, -0.2) is 67.6 Å². The molecule has 1 unspecified atom stereocenters. The number of ether oxygens (including phenoxy) is 2. The van der Waals surface area contributed by atoms with Gasteiger partial charge in [-0.15, -0.1) is 0 Å². The Morgan fingerprint density at radius 2 is 1.81 bits per heavy atom. The van der Waals surface area contributed by atoms with Crippen molar-refractivity contribution in [2.24, 2.45) is 0 Å². The molecule has 142 valence electrons. The van der Waals surface area contributed by atoms with Gasteiger partial charge in [0, 0.05) is 32.8 Å². The molecule has 6 heteroatoms.